The van der Waals surface area contributed by atoms with Gasteiger partial charge < -0.3 is 10.6 Å². The number of amides is 1. The Kier molecular flexibility index (Phi) is 5.23. The number of hydrogen-bond donors (Lipinski definition) is 1. The molecule has 2 heterocycles. The number of nitrogen functional groups attached to an aromatic ring is 1. The molecular formula is C19H22N4O. The molecule has 3 rings (SSSR count). The topological polar surface area (TPSA) is 62.5 Å². The minimum atomic E-state index is -0.0190. The van der Waals surface area contributed by atoms with Gasteiger partial charge in [-0.15, -0.1) is 0 Å². The number of piperazine rings is 1. The zero-order chi connectivity index (χ0) is 16.8. The molecule has 124 valence electrons. The van der Waals surface area contributed by atoms with Crippen molar-refractivity contribution in [3.8, 4) is 0 Å². The summed E-state index contributed by atoms with van der Waals surface area (Å²) < 4.78 is 0. The lowest BCUT2D eigenvalue weighted by atomic mass is 10.2. The number of anilines is 1. The molecule has 1 aliphatic rings. The molecule has 2 aromatic rings. The fraction of sp³-hybridized carbons (Fsp3) is 0.263. The van der Waals surface area contributed by atoms with Crippen molar-refractivity contribution in [2.24, 2.45) is 0 Å². The number of aromatic nitrogens is 1. The summed E-state index contributed by atoms with van der Waals surface area (Å²) in [5.41, 5.74) is 7.85. The first-order chi connectivity index (χ1) is 11.7. The molecule has 1 aliphatic heterocycles. The predicted octanol–water partition coefficient (Wildman–Crippen LogP) is 2.14. The molecule has 0 atom stereocenters. The lowest BCUT2D eigenvalue weighted by Gasteiger charge is -2.34. The van der Waals surface area contributed by atoms with E-state index in [1.165, 1.54) is 11.8 Å². The molecule has 0 aliphatic carbocycles. The van der Waals surface area contributed by atoms with Crippen molar-refractivity contribution in [2.45, 2.75) is 0 Å². The Morgan fingerprint density at radius 2 is 1.83 bits per heavy atom. The normalized spacial score (nSPS) is 15.8. The van der Waals surface area contributed by atoms with Gasteiger partial charge in [-0.2, -0.15) is 0 Å². The largest absolute Gasteiger partial charge is 0.397 e. The molecule has 2 N–H and O–H groups in total. The third kappa shape index (κ3) is 4.20. The van der Waals surface area contributed by atoms with Crippen molar-refractivity contribution < 1.29 is 4.79 Å². The predicted molar refractivity (Wildman–Crippen MR) is 96.5 cm³/mol. The Labute approximate surface area is 142 Å². The third-order valence-corrected chi connectivity index (χ3v) is 4.14. The Balaban J connectivity index is 1.48. The molecule has 0 saturated carbocycles. The van der Waals surface area contributed by atoms with Crippen molar-refractivity contribution in [1.82, 2.24) is 14.8 Å². The monoisotopic (exact) mass is 322 g/mol. The summed E-state index contributed by atoms with van der Waals surface area (Å²) in [5.74, 6) is -0.0190. The lowest BCUT2D eigenvalue weighted by molar-refractivity contribution is 0.0644. The van der Waals surface area contributed by atoms with Crippen LogP contribution in [0.25, 0.3) is 6.08 Å². The van der Waals surface area contributed by atoms with Gasteiger partial charge in [0.1, 0.15) is 5.69 Å². The van der Waals surface area contributed by atoms with Crippen LogP contribution in [0.15, 0.2) is 54.7 Å². The van der Waals surface area contributed by atoms with E-state index >= 15 is 0 Å². The summed E-state index contributed by atoms with van der Waals surface area (Å²) in [4.78, 5) is 20.7. The van der Waals surface area contributed by atoms with Gasteiger partial charge in [0.05, 0.1) is 11.9 Å². The highest BCUT2D eigenvalue weighted by molar-refractivity contribution is 5.92. The van der Waals surface area contributed by atoms with E-state index in [0.717, 1.165) is 32.7 Å². The summed E-state index contributed by atoms with van der Waals surface area (Å²) >= 11 is 0. The second-order valence-corrected chi connectivity index (χ2v) is 5.88. The molecule has 0 unspecified atom stereocenters. The molecule has 0 radical (unpaired) electrons. The Morgan fingerprint density at radius 3 is 2.50 bits per heavy atom. The highest BCUT2D eigenvalue weighted by Crippen LogP contribution is 2.09. The smallest absolute Gasteiger partial charge is 0.272 e. The van der Waals surface area contributed by atoms with Gasteiger partial charge in [-0.1, -0.05) is 42.5 Å². The Hall–Kier alpha value is -2.66. The fourth-order valence-electron chi connectivity index (χ4n) is 2.73. The van der Waals surface area contributed by atoms with Crippen molar-refractivity contribution >= 4 is 17.7 Å². The van der Waals surface area contributed by atoms with Crippen LogP contribution in [0.2, 0.25) is 0 Å². The lowest BCUT2D eigenvalue weighted by Crippen LogP contribution is -2.48. The summed E-state index contributed by atoms with van der Waals surface area (Å²) in [6, 6.07) is 13.7. The minimum absolute atomic E-state index is 0.0190. The van der Waals surface area contributed by atoms with Crippen LogP contribution in [0.4, 0.5) is 5.69 Å². The SMILES string of the molecule is Nc1ccc(C(=O)N2CCN(C/C=C/c3ccccc3)CC2)nc1. The highest BCUT2D eigenvalue weighted by atomic mass is 16.2. The Bertz CT molecular complexity index is 689. The third-order valence-electron chi connectivity index (χ3n) is 4.14. The molecule has 5 nitrogen and oxygen atoms in total. The molecule has 1 amide bonds. The fourth-order valence-corrected chi connectivity index (χ4v) is 2.73. The number of benzene rings is 1. The first-order valence-corrected chi connectivity index (χ1v) is 8.17. The number of nitrogens with two attached hydrogens (primary N) is 1. The molecule has 1 aromatic heterocycles. The standard InChI is InChI=1S/C19H22N4O/c20-17-8-9-18(21-15-17)19(24)23-13-11-22(12-14-23)10-4-7-16-5-2-1-3-6-16/h1-9,15H,10-14,20H2/b7-4+. The van der Waals surface area contributed by atoms with Crippen LogP contribution in [0, 0.1) is 0 Å². The van der Waals surface area contributed by atoms with Crippen LogP contribution in [-0.2, 0) is 0 Å². The van der Waals surface area contributed by atoms with Gasteiger partial charge in [-0.05, 0) is 17.7 Å². The first kappa shape index (κ1) is 16.2. The van der Waals surface area contributed by atoms with Gasteiger partial charge in [-0.3, -0.25) is 9.69 Å². The summed E-state index contributed by atoms with van der Waals surface area (Å²) in [6.07, 6.45) is 5.84. The summed E-state index contributed by atoms with van der Waals surface area (Å²) in [6.45, 7) is 4.10. The molecule has 1 fully saturated rings. The van der Waals surface area contributed by atoms with E-state index < -0.39 is 0 Å². The number of carbonyl (C=O) groups excluding carboxylic acids is 1. The number of hydrogen-bond acceptors (Lipinski definition) is 4. The molecule has 1 aromatic carbocycles. The maximum atomic E-state index is 12.4. The van der Waals surface area contributed by atoms with Gasteiger partial charge in [-0.25, -0.2) is 4.98 Å². The van der Waals surface area contributed by atoms with Crippen molar-refractivity contribution in [2.75, 3.05) is 38.5 Å². The zero-order valence-electron chi connectivity index (χ0n) is 13.6. The average molecular weight is 322 g/mol. The molecule has 0 spiro atoms. The maximum absolute atomic E-state index is 12.4. The van der Waals surface area contributed by atoms with Crippen molar-refractivity contribution in [1.29, 1.82) is 0 Å². The van der Waals surface area contributed by atoms with Crippen LogP contribution in [0.5, 0.6) is 0 Å². The second kappa shape index (κ2) is 7.75. The molecule has 0 bridgehead atoms. The van der Waals surface area contributed by atoms with Crippen molar-refractivity contribution in [3.05, 3.63) is 66.0 Å². The second-order valence-electron chi connectivity index (χ2n) is 5.88. The van der Waals surface area contributed by atoms with Crippen LogP contribution in [0.3, 0.4) is 0 Å². The van der Waals surface area contributed by atoms with E-state index in [1.54, 1.807) is 12.1 Å². The van der Waals surface area contributed by atoms with E-state index in [4.69, 9.17) is 5.73 Å². The van der Waals surface area contributed by atoms with Gasteiger partial charge in [0.25, 0.3) is 5.91 Å². The quantitative estimate of drug-likeness (QED) is 0.937. The van der Waals surface area contributed by atoms with E-state index in [-0.39, 0.29) is 5.91 Å². The van der Waals surface area contributed by atoms with E-state index in [1.807, 2.05) is 23.1 Å². The van der Waals surface area contributed by atoms with Gasteiger partial charge in [0.15, 0.2) is 0 Å². The Morgan fingerprint density at radius 1 is 1.08 bits per heavy atom. The number of pyridine rings is 1. The number of carbonyl (C=O) groups is 1. The average Bonchev–Trinajstić information content (AvgIpc) is 2.63. The number of nitrogens with zero attached hydrogens (tertiary/aromatic N) is 3. The zero-order valence-corrected chi connectivity index (χ0v) is 13.6. The van der Waals surface area contributed by atoms with Gasteiger partial charge >= 0.3 is 0 Å². The van der Waals surface area contributed by atoms with Crippen LogP contribution in [-0.4, -0.2) is 53.4 Å². The highest BCUT2D eigenvalue weighted by Gasteiger charge is 2.22. The van der Waals surface area contributed by atoms with Gasteiger partial charge in [0.2, 0.25) is 0 Å². The van der Waals surface area contributed by atoms with Gasteiger partial charge in [0, 0.05) is 32.7 Å². The summed E-state index contributed by atoms with van der Waals surface area (Å²) in [7, 11) is 0. The summed E-state index contributed by atoms with van der Waals surface area (Å²) in [5, 5.41) is 0. The minimum Gasteiger partial charge on any atom is -0.397 e. The first-order valence-electron chi connectivity index (χ1n) is 8.17. The molecule has 5 heteroatoms. The van der Waals surface area contributed by atoms with Crippen LogP contribution < -0.4 is 5.73 Å². The molecule has 1 saturated heterocycles. The van der Waals surface area contributed by atoms with Crippen LogP contribution in [0.1, 0.15) is 16.1 Å². The van der Waals surface area contributed by atoms with E-state index in [2.05, 4.69) is 34.2 Å². The van der Waals surface area contributed by atoms with Crippen molar-refractivity contribution in [3.63, 3.8) is 0 Å². The number of rotatable bonds is 4. The maximum Gasteiger partial charge on any atom is 0.272 e. The van der Waals surface area contributed by atoms with E-state index in [0.29, 0.717) is 11.4 Å². The van der Waals surface area contributed by atoms with E-state index in [9.17, 15) is 4.79 Å². The van der Waals surface area contributed by atoms with Crippen LogP contribution >= 0.6 is 0 Å². The molecular weight excluding hydrogens is 300 g/mol. The molecule has 24 heavy (non-hydrogen) atoms.